The predicted molar refractivity (Wildman–Crippen MR) is 73.5 cm³/mol. The van der Waals surface area contributed by atoms with Crippen LogP contribution in [-0.2, 0) is 0 Å². The van der Waals surface area contributed by atoms with E-state index in [0.717, 1.165) is 30.5 Å². The van der Waals surface area contributed by atoms with E-state index in [-0.39, 0.29) is 6.03 Å². The van der Waals surface area contributed by atoms with E-state index < -0.39 is 0 Å². The molecule has 18 heavy (non-hydrogen) atoms. The highest BCUT2D eigenvalue weighted by molar-refractivity contribution is 5.89. The Bertz CT molecular complexity index is 419. The van der Waals surface area contributed by atoms with E-state index >= 15 is 0 Å². The minimum atomic E-state index is -0.138. The number of benzene rings is 1. The summed E-state index contributed by atoms with van der Waals surface area (Å²) >= 11 is 0. The highest BCUT2D eigenvalue weighted by Gasteiger charge is 2.21. The quantitative estimate of drug-likeness (QED) is 0.767. The molecule has 0 radical (unpaired) electrons. The number of rotatable bonds is 3. The summed E-state index contributed by atoms with van der Waals surface area (Å²) in [5.41, 5.74) is 7.81. The van der Waals surface area contributed by atoms with Crippen LogP contribution in [0.25, 0.3) is 0 Å². The molecule has 1 fully saturated rings. The lowest BCUT2D eigenvalue weighted by Gasteiger charge is -2.12. The molecular formula is C14H21N3O. The van der Waals surface area contributed by atoms with Crippen molar-refractivity contribution < 1.29 is 4.79 Å². The van der Waals surface area contributed by atoms with Crippen molar-refractivity contribution >= 4 is 11.7 Å². The Kier molecular flexibility index (Phi) is 4.20. The average Bonchev–Trinajstić information content (AvgIpc) is 2.73. The van der Waals surface area contributed by atoms with Crippen molar-refractivity contribution in [3.8, 4) is 0 Å². The van der Waals surface area contributed by atoms with Gasteiger partial charge >= 0.3 is 6.03 Å². The first-order valence-corrected chi connectivity index (χ1v) is 6.50. The second-order valence-electron chi connectivity index (χ2n) is 5.14. The molecular weight excluding hydrogens is 226 g/mol. The van der Waals surface area contributed by atoms with Gasteiger partial charge in [0, 0.05) is 18.3 Å². The normalized spacial score (nSPS) is 22.8. The van der Waals surface area contributed by atoms with Gasteiger partial charge in [0.1, 0.15) is 0 Å². The molecule has 1 aromatic carbocycles. The molecule has 1 aromatic rings. The zero-order valence-electron chi connectivity index (χ0n) is 10.8. The van der Waals surface area contributed by atoms with Gasteiger partial charge in [0.25, 0.3) is 0 Å². The molecule has 4 heteroatoms. The zero-order valence-corrected chi connectivity index (χ0v) is 10.8. The van der Waals surface area contributed by atoms with Crippen LogP contribution in [0.5, 0.6) is 0 Å². The van der Waals surface area contributed by atoms with Crippen LogP contribution in [0.1, 0.15) is 24.8 Å². The summed E-state index contributed by atoms with van der Waals surface area (Å²) in [6, 6.07) is 7.95. The Morgan fingerprint density at radius 3 is 2.94 bits per heavy atom. The summed E-state index contributed by atoms with van der Waals surface area (Å²) in [7, 11) is 0. The molecule has 0 spiro atoms. The first-order valence-electron chi connectivity index (χ1n) is 6.50. The average molecular weight is 247 g/mol. The Morgan fingerprint density at radius 2 is 2.28 bits per heavy atom. The van der Waals surface area contributed by atoms with Crippen LogP contribution >= 0.6 is 0 Å². The SMILES string of the molecule is Cc1cccc(NC(=O)NCC2CCC(N)C2)c1. The summed E-state index contributed by atoms with van der Waals surface area (Å²) in [6.07, 6.45) is 3.21. The molecule has 1 aliphatic carbocycles. The van der Waals surface area contributed by atoms with Gasteiger partial charge in [-0.2, -0.15) is 0 Å². The number of urea groups is 1. The molecule has 2 unspecified atom stereocenters. The standard InChI is InChI=1S/C14H21N3O/c1-10-3-2-4-13(7-10)17-14(18)16-9-11-5-6-12(15)8-11/h2-4,7,11-12H,5-6,8-9,15H2,1H3,(H2,16,17,18). The number of hydrogen-bond acceptors (Lipinski definition) is 2. The number of amides is 2. The Balaban J connectivity index is 1.75. The van der Waals surface area contributed by atoms with Gasteiger partial charge in [-0.1, -0.05) is 12.1 Å². The zero-order chi connectivity index (χ0) is 13.0. The largest absolute Gasteiger partial charge is 0.338 e. The van der Waals surface area contributed by atoms with E-state index in [4.69, 9.17) is 5.73 Å². The van der Waals surface area contributed by atoms with Gasteiger partial charge in [-0.05, 0) is 49.8 Å². The van der Waals surface area contributed by atoms with Gasteiger partial charge in [-0.25, -0.2) is 4.79 Å². The van der Waals surface area contributed by atoms with Crippen molar-refractivity contribution in [2.45, 2.75) is 32.2 Å². The molecule has 1 saturated carbocycles. The second kappa shape index (κ2) is 5.87. The third-order valence-electron chi connectivity index (χ3n) is 3.41. The van der Waals surface area contributed by atoms with Gasteiger partial charge in [0.2, 0.25) is 0 Å². The van der Waals surface area contributed by atoms with Crippen LogP contribution < -0.4 is 16.4 Å². The molecule has 2 amide bonds. The van der Waals surface area contributed by atoms with Gasteiger partial charge in [-0.15, -0.1) is 0 Å². The molecule has 0 bridgehead atoms. The molecule has 4 nitrogen and oxygen atoms in total. The first kappa shape index (κ1) is 12.9. The summed E-state index contributed by atoms with van der Waals surface area (Å²) in [4.78, 5) is 11.7. The molecule has 0 saturated heterocycles. The predicted octanol–water partition coefficient (Wildman–Crippen LogP) is 2.24. The van der Waals surface area contributed by atoms with Crippen molar-refractivity contribution in [1.29, 1.82) is 0 Å². The van der Waals surface area contributed by atoms with E-state index in [2.05, 4.69) is 10.6 Å². The number of aryl methyl sites for hydroxylation is 1. The molecule has 0 aromatic heterocycles. The minimum absolute atomic E-state index is 0.138. The fourth-order valence-electron chi connectivity index (χ4n) is 2.43. The van der Waals surface area contributed by atoms with Crippen molar-refractivity contribution in [1.82, 2.24) is 5.32 Å². The van der Waals surface area contributed by atoms with E-state index in [1.54, 1.807) is 0 Å². The van der Waals surface area contributed by atoms with Gasteiger partial charge in [-0.3, -0.25) is 0 Å². The summed E-state index contributed by atoms with van der Waals surface area (Å²) in [6.45, 7) is 2.72. The van der Waals surface area contributed by atoms with Crippen LogP contribution in [0, 0.1) is 12.8 Å². The summed E-state index contributed by atoms with van der Waals surface area (Å²) < 4.78 is 0. The topological polar surface area (TPSA) is 67.2 Å². The van der Waals surface area contributed by atoms with E-state index in [1.165, 1.54) is 0 Å². The first-order chi connectivity index (χ1) is 8.63. The number of carbonyl (C=O) groups is 1. The Hall–Kier alpha value is -1.55. The van der Waals surface area contributed by atoms with Crippen LogP contribution in [-0.4, -0.2) is 18.6 Å². The van der Waals surface area contributed by atoms with Crippen LogP contribution in [0.3, 0.4) is 0 Å². The van der Waals surface area contributed by atoms with Crippen LogP contribution in [0.2, 0.25) is 0 Å². The van der Waals surface area contributed by atoms with Crippen molar-refractivity contribution in [2.24, 2.45) is 11.7 Å². The highest BCUT2D eigenvalue weighted by Crippen LogP contribution is 2.23. The molecule has 1 aliphatic rings. The lowest BCUT2D eigenvalue weighted by molar-refractivity contribution is 0.250. The smallest absolute Gasteiger partial charge is 0.319 e. The third-order valence-corrected chi connectivity index (χ3v) is 3.41. The fraction of sp³-hybridized carbons (Fsp3) is 0.500. The van der Waals surface area contributed by atoms with Gasteiger partial charge in [0.05, 0.1) is 0 Å². The molecule has 0 aliphatic heterocycles. The second-order valence-corrected chi connectivity index (χ2v) is 5.14. The lowest BCUT2D eigenvalue weighted by atomic mass is 10.1. The number of nitrogens with two attached hydrogens (primary N) is 1. The fourth-order valence-corrected chi connectivity index (χ4v) is 2.43. The molecule has 2 rings (SSSR count). The highest BCUT2D eigenvalue weighted by atomic mass is 16.2. The maximum atomic E-state index is 11.7. The van der Waals surface area contributed by atoms with E-state index in [9.17, 15) is 4.79 Å². The van der Waals surface area contributed by atoms with Gasteiger partial charge in [0.15, 0.2) is 0 Å². The van der Waals surface area contributed by atoms with Crippen LogP contribution in [0.4, 0.5) is 10.5 Å². The molecule has 4 N–H and O–H groups in total. The van der Waals surface area contributed by atoms with Crippen molar-refractivity contribution in [2.75, 3.05) is 11.9 Å². The Morgan fingerprint density at radius 1 is 1.44 bits per heavy atom. The van der Waals surface area contributed by atoms with E-state index in [0.29, 0.717) is 18.5 Å². The number of anilines is 1. The Labute approximate surface area is 108 Å². The maximum absolute atomic E-state index is 11.7. The lowest BCUT2D eigenvalue weighted by Crippen LogP contribution is -2.32. The molecule has 0 heterocycles. The summed E-state index contributed by atoms with van der Waals surface area (Å²) in [5.74, 6) is 0.531. The molecule has 2 atom stereocenters. The van der Waals surface area contributed by atoms with E-state index in [1.807, 2.05) is 31.2 Å². The maximum Gasteiger partial charge on any atom is 0.319 e. The number of hydrogen-bond donors (Lipinski definition) is 3. The molecule has 98 valence electrons. The third kappa shape index (κ3) is 3.74. The monoisotopic (exact) mass is 247 g/mol. The van der Waals surface area contributed by atoms with Crippen LogP contribution in [0.15, 0.2) is 24.3 Å². The number of nitrogens with one attached hydrogen (secondary N) is 2. The van der Waals surface area contributed by atoms with Gasteiger partial charge < -0.3 is 16.4 Å². The van der Waals surface area contributed by atoms with Crippen molar-refractivity contribution in [3.05, 3.63) is 29.8 Å². The van der Waals surface area contributed by atoms with Crippen molar-refractivity contribution in [3.63, 3.8) is 0 Å². The summed E-state index contributed by atoms with van der Waals surface area (Å²) in [5, 5.41) is 5.74. The number of carbonyl (C=O) groups excluding carboxylic acids is 1. The minimum Gasteiger partial charge on any atom is -0.338 e.